The van der Waals surface area contributed by atoms with E-state index in [1.54, 1.807) is 24.3 Å². The van der Waals surface area contributed by atoms with E-state index >= 15 is 0 Å². The van der Waals surface area contributed by atoms with Crippen molar-refractivity contribution in [3.8, 4) is 0 Å². The summed E-state index contributed by atoms with van der Waals surface area (Å²) in [5.74, 6) is -0.414. The normalized spacial score (nSPS) is 16.0. The fraction of sp³-hybridized carbons (Fsp3) is 0.176. The van der Waals surface area contributed by atoms with Crippen molar-refractivity contribution in [3.05, 3.63) is 64.7 Å². The van der Waals surface area contributed by atoms with E-state index in [2.05, 4.69) is 10.6 Å². The second kappa shape index (κ2) is 6.20. The highest BCUT2D eigenvalue weighted by Crippen LogP contribution is 2.33. The molecule has 0 saturated carbocycles. The van der Waals surface area contributed by atoms with Gasteiger partial charge in [-0.25, -0.2) is 0 Å². The lowest BCUT2D eigenvalue weighted by Crippen LogP contribution is -2.26. The van der Waals surface area contributed by atoms with Crippen LogP contribution in [0.25, 0.3) is 0 Å². The Morgan fingerprint density at radius 1 is 1.18 bits per heavy atom. The van der Waals surface area contributed by atoms with Gasteiger partial charge in [0.2, 0.25) is 5.91 Å². The highest BCUT2D eigenvalue weighted by Gasteiger charge is 2.29. The van der Waals surface area contributed by atoms with Crippen molar-refractivity contribution in [2.75, 3.05) is 11.9 Å². The van der Waals surface area contributed by atoms with Gasteiger partial charge in [-0.05, 0) is 36.2 Å². The van der Waals surface area contributed by atoms with Gasteiger partial charge in [0.05, 0.1) is 5.92 Å². The van der Waals surface area contributed by atoms with Crippen LogP contribution < -0.4 is 10.6 Å². The Hall–Kier alpha value is -2.33. The molecule has 0 fully saturated rings. The van der Waals surface area contributed by atoms with Crippen LogP contribution in [0.1, 0.15) is 28.3 Å². The number of hydrogen-bond donors (Lipinski definition) is 2. The number of carbonyl (C=O) groups excluding carboxylic acids is 2. The molecule has 0 bridgehead atoms. The first-order valence-corrected chi connectivity index (χ1v) is 7.46. The molecule has 0 radical (unpaired) electrons. The maximum atomic E-state index is 12.0. The van der Waals surface area contributed by atoms with Gasteiger partial charge in [0, 0.05) is 22.8 Å². The Balaban J connectivity index is 1.60. The van der Waals surface area contributed by atoms with Crippen LogP contribution in [0.5, 0.6) is 0 Å². The van der Waals surface area contributed by atoms with E-state index < -0.39 is 0 Å². The number of anilines is 1. The zero-order valence-electron chi connectivity index (χ0n) is 11.8. The zero-order valence-corrected chi connectivity index (χ0v) is 12.6. The highest BCUT2D eigenvalue weighted by molar-refractivity contribution is 6.30. The third-order valence-corrected chi connectivity index (χ3v) is 3.95. The summed E-state index contributed by atoms with van der Waals surface area (Å²) < 4.78 is 0. The summed E-state index contributed by atoms with van der Waals surface area (Å²) in [6, 6.07) is 14.4. The van der Waals surface area contributed by atoms with Crippen LogP contribution in [0.15, 0.2) is 48.5 Å². The molecule has 0 aromatic heterocycles. The molecule has 112 valence electrons. The van der Waals surface area contributed by atoms with E-state index in [1.165, 1.54) is 0 Å². The number of nitrogens with one attached hydrogen (secondary N) is 2. The quantitative estimate of drug-likeness (QED) is 0.910. The molecule has 1 unspecified atom stereocenters. The van der Waals surface area contributed by atoms with Crippen molar-refractivity contribution in [2.24, 2.45) is 0 Å². The minimum Gasteiger partial charge on any atom is -0.352 e. The third kappa shape index (κ3) is 2.97. The molecule has 5 heteroatoms. The van der Waals surface area contributed by atoms with E-state index in [0.717, 1.165) is 11.3 Å². The molecule has 1 aliphatic rings. The second-order valence-corrected chi connectivity index (χ2v) is 5.62. The van der Waals surface area contributed by atoms with Crippen LogP contribution >= 0.6 is 11.6 Å². The van der Waals surface area contributed by atoms with Crippen molar-refractivity contribution in [1.29, 1.82) is 0 Å². The lowest BCUT2D eigenvalue weighted by molar-refractivity contribution is -0.117. The molecule has 2 aromatic carbocycles. The molecule has 1 aliphatic heterocycles. The van der Waals surface area contributed by atoms with Crippen molar-refractivity contribution < 1.29 is 9.59 Å². The number of benzene rings is 2. The molecule has 4 nitrogen and oxygen atoms in total. The van der Waals surface area contributed by atoms with Gasteiger partial charge in [-0.3, -0.25) is 9.59 Å². The first-order chi connectivity index (χ1) is 10.6. The Kier molecular flexibility index (Phi) is 4.11. The maximum Gasteiger partial charge on any atom is 0.251 e. The number of halogens is 1. The number of rotatable bonds is 4. The zero-order chi connectivity index (χ0) is 15.5. The van der Waals surface area contributed by atoms with Gasteiger partial charge >= 0.3 is 0 Å². The van der Waals surface area contributed by atoms with Crippen molar-refractivity contribution in [1.82, 2.24) is 5.32 Å². The minimum absolute atomic E-state index is 0.0156. The fourth-order valence-corrected chi connectivity index (χ4v) is 2.81. The van der Waals surface area contributed by atoms with Crippen LogP contribution in [-0.2, 0) is 4.79 Å². The molecule has 1 atom stereocenters. The summed E-state index contributed by atoms with van der Waals surface area (Å²) in [5, 5.41) is 6.21. The molecule has 2 N–H and O–H groups in total. The summed E-state index contributed by atoms with van der Waals surface area (Å²) in [4.78, 5) is 24.0. The van der Waals surface area contributed by atoms with E-state index in [-0.39, 0.29) is 17.7 Å². The number of hydrogen-bond acceptors (Lipinski definition) is 2. The molecule has 3 rings (SSSR count). The number of fused-ring (bicyclic) bond motifs is 1. The summed E-state index contributed by atoms with van der Waals surface area (Å²) in [7, 11) is 0. The van der Waals surface area contributed by atoms with Crippen molar-refractivity contribution >= 4 is 29.1 Å². The lowest BCUT2D eigenvalue weighted by atomic mass is 9.97. The first-order valence-electron chi connectivity index (χ1n) is 7.09. The Bertz CT molecular complexity index is 730. The van der Waals surface area contributed by atoms with E-state index in [4.69, 9.17) is 11.6 Å². The van der Waals surface area contributed by atoms with Gasteiger partial charge in [0.15, 0.2) is 0 Å². The Labute approximate surface area is 133 Å². The Morgan fingerprint density at radius 3 is 2.82 bits per heavy atom. The average Bonchev–Trinajstić information content (AvgIpc) is 2.83. The molecular formula is C17H15ClN2O2. The monoisotopic (exact) mass is 314 g/mol. The highest BCUT2D eigenvalue weighted by atomic mass is 35.5. The SMILES string of the molecule is O=C(NCCC1C(=O)Nc2ccccc21)c1cccc(Cl)c1. The minimum atomic E-state index is -0.212. The van der Waals surface area contributed by atoms with E-state index in [1.807, 2.05) is 24.3 Å². The van der Waals surface area contributed by atoms with Crippen LogP contribution in [0, 0.1) is 0 Å². The second-order valence-electron chi connectivity index (χ2n) is 5.18. The largest absolute Gasteiger partial charge is 0.352 e. The third-order valence-electron chi connectivity index (χ3n) is 3.72. The molecule has 0 saturated heterocycles. The number of para-hydroxylation sites is 1. The van der Waals surface area contributed by atoms with Crippen LogP contribution in [-0.4, -0.2) is 18.4 Å². The predicted molar refractivity (Wildman–Crippen MR) is 86.2 cm³/mol. The van der Waals surface area contributed by atoms with Gasteiger partial charge in [-0.15, -0.1) is 0 Å². The van der Waals surface area contributed by atoms with Crippen molar-refractivity contribution in [3.63, 3.8) is 0 Å². The summed E-state index contributed by atoms with van der Waals surface area (Å²) in [6.07, 6.45) is 0.565. The summed E-state index contributed by atoms with van der Waals surface area (Å²) in [5.41, 5.74) is 2.37. The molecule has 2 aromatic rings. The van der Waals surface area contributed by atoms with Gasteiger partial charge in [-0.2, -0.15) is 0 Å². The standard InChI is InChI=1S/C17H15ClN2O2/c18-12-5-3-4-11(10-12)16(21)19-9-8-14-13-6-1-2-7-15(13)20-17(14)22/h1-7,10,14H,8-9H2,(H,19,21)(H,20,22). The first kappa shape index (κ1) is 14.6. The number of carbonyl (C=O) groups is 2. The molecule has 0 aliphatic carbocycles. The Morgan fingerprint density at radius 2 is 2.00 bits per heavy atom. The summed E-state index contributed by atoms with van der Waals surface area (Å²) in [6.45, 7) is 0.428. The molecule has 1 heterocycles. The van der Waals surface area contributed by atoms with Crippen LogP contribution in [0.4, 0.5) is 5.69 Å². The van der Waals surface area contributed by atoms with E-state index in [9.17, 15) is 9.59 Å². The molecule has 2 amide bonds. The molecular weight excluding hydrogens is 300 g/mol. The topological polar surface area (TPSA) is 58.2 Å². The molecule has 22 heavy (non-hydrogen) atoms. The smallest absolute Gasteiger partial charge is 0.251 e. The van der Waals surface area contributed by atoms with Crippen LogP contribution in [0.2, 0.25) is 5.02 Å². The number of amides is 2. The summed E-state index contributed by atoms with van der Waals surface area (Å²) >= 11 is 5.87. The van der Waals surface area contributed by atoms with Crippen LogP contribution in [0.3, 0.4) is 0 Å². The molecule has 0 spiro atoms. The van der Waals surface area contributed by atoms with E-state index in [0.29, 0.717) is 23.6 Å². The average molecular weight is 315 g/mol. The maximum absolute atomic E-state index is 12.0. The lowest BCUT2D eigenvalue weighted by Gasteiger charge is -2.10. The predicted octanol–water partition coefficient (Wildman–Crippen LogP) is 3.20. The van der Waals surface area contributed by atoms with Gasteiger partial charge < -0.3 is 10.6 Å². The van der Waals surface area contributed by atoms with Gasteiger partial charge in [0.1, 0.15) is 0 Å². The fourth-order valence-electron chi connectivity index (χ4n) is 2.62. The van der Waals surface area contributed by atoms with Gasteiger partial charge in [-0.1, -0.05) is 35.9 Å². The van der Waals surface area contributed by atoms with Gasteiger partial charge in [0.25, 0.3) is 5.91 Å². The van der Waals surface area contributed by atoms with Crippen molar-refractivity contribution in [2.45, 2.75) is 12.3 Å².